The number of anilines is 1. The van der Waals surface area contributed by atoms with Crippen LogP contribution in [0.1, 0.15) is 35.7 Å². The number of amides is 3. The van der Waals surface area contributed by atoms with Gasteiger partial charge in [-0.15, -0.1) is 11.8 Å². The van der Waals surface area contributed by atoms with E-state index in [0.717, 1.165) is 42.8 Å². The Bertz CT molecular complexity index is 861. The Morgan fingerprint density at radius 1 is 1.00 bits per heavy atom. The summed E-state index contributed by atoms with van der Waals surface area (Å²) in [5, 5.41) is 3.00. The van der Waals surface area contributed by atoms with Gasteiger partial charge in [-0.25, -0.2) is 4.79 Å². The standard InChI is InChI=1S/C23H27N3O2S/c1-2-18-8-10-20(11-9-18)24-22(28)25-14-12-23(13-15-25)26(16-17-29-23)21(27)19-6-4-3-5-7-19/h3-11H,2,12-17H2,1H3,(H,24,28). The predicted octanol–water partition coefficient (Wildman–Crippen LogP) is 4.46. The molecule has 1 N–H and O–H groups in total. The van der Waals surface area contributed by atoms with Crippen molar-refractivity contribution < 1.29 is 9.59 Å². The molecule has 0 aromatic heterocycles. The SMILES string of the molecule is CCc1ccc(NC(=O)N2CCC3(CC2)SCCN3C(=O)c2ccccc2)cc1. The number of carbonyl (C=O) groups is 2. The molecule has 0 aliphatic carbocycles. The second-order valence-electron chi connectivity index (χ2n) is 7.59. The van der Waals surface area contributed by atoms with Crippen molar-refractivity contribution in [2.45, 2.75) is 31.1 Å². The van der Waals surface area contributed by atoms with Crippen LogP contribution in [0, 0.1) is 0 Å². The fourth-order valence-electron chi connectivity index (χ4n) is 4.13. The molecule has 2 fully saturated rings. The molecule has 1 spiro atoms. The van der Waals surface area contributed by atoms with Crippen LogP contribution in [-0.2, 0) is 6.42 Å². The number of likely N-dealkylation sites (tertiary alicyclic amines) is 1. The van der Waals surface area contributed by atoms with E-state index >= 15 is 0 Å². The van der Waals surface area contributed by atoms with Crippen LogP contribution in [0.3, 0.4) is 0 Å². The summed E-state index contributed by atoms with van der Waals surface area (Å²) in [6.45, 7) is 4.20. The first-order valence-corrected chi connectivity index (χ1v) is 11.3. The molecule has 2 aliphatic rings. The summed E-state index contributed by atoms with van der Waals surface area (Å²) in [7, 11) is 0. The van der Waals surface area contributed by atoms with Crippen molar-refractivity contribution in [2.24, 2.45) is 0 Å². The predicted molar refractivity (Wildman–Crippen MR) is 118 cm³/mol. The number of thioether (sulfide) groups is 1. The summed E-state index contributed by atoms with van der Waals surface area (Å²) in [6, 6.07) is 17.4. The van der Waals surface area contributed by atoms with Gasteiger partial charge in [0.15, 0.2) is 0 Å². The third-order valence-electron chi connectivity index (χ3n) is 5.89. The van der Waals surface area contributed by atoms with E-state index in [1.807, 2.05) is 76.2 Å². The molecule has 0 saturated carbocycles. The Morgan fingerprint density at radius 2 is 1.69 bits per heavy atom. The molecule has 0 radical (unpaired) electrons. The van der Waals surface area contributed by atoms with Gasteiger partial charge in [0.05, 0.1) is 4.87 Å². The number of nitrogens with zero attached hydrogens (tertiary/aromatic N) is 2. The van der Waals surface area contributed by atoms with E-state index in [1.54, 1.807) is 0 Å². The second kappa shape index (κ2) is 8.49. The molecule has 0 unspecified atom stereocenters. The van der Waals surface area contributed by atoms with E-state index in [4.69, 9.17) is 0 Å². The van der Waals surface area contributed by atoms with Gasteiger partial charge in [-0.3, -0.25) is 4.79 Å². The summed E-state index contributed by atoms with van der Waals surface area (Å²) >= 11 is 1.87. The fourth-order valence-corrected chi connectivity index (χ4v) is 5.59. The Morgan fingerprint density at radius 3 is 2.34 bits per heavy atom. The third kappa shape index (κ3) is 4.13. The largest absolute Gasteiger partial charge is 0.324 e. The van der Waals surface area contributed by atoms with Crippen LogP contribution in [0.5, 0.6) is 0 Å². The Labute approximate surface area is 176 Å². The molecule has 6 heteroatoms. The first-order chi connectivity index (χ1) is 14.1. The molecular formula is C23H27N3O2S. The van der Waals surface area contributed by atoms with Crippen molar-refractivity contribution in [3.05, 3.63) is 65.7 Å². The molecule has 152 valence electrons. The van der Waals surface area contributed by atoms with Crippen LogP contribution in [-0.4, -0.2) is 52.0 Å². The molecule has 3 amide bonds. The topological polar surface area (TPSA) is 52.7 Å². The molecule has 2 saturated heterocycles. The van der Waals surface area contributed by atoms with E-state index in [9.17, 15) is 9.59 Å². The second-order valence-corrected chi connectivity index (χ2v) is 9.04. The van der Waals surface area contributed by atoms with Crippen LogP contribution in [0.4, 0.5) is 10.5 Å². The third-order valence-corrected chi connectivity index (χ3v) is 7.44. The summed E-state index contributed by atoms with van der Waals surface area (Å²) < 4.78 is 0. The molecular weight excluding hydrogens is 382 g/mol. The van der Waals surface area contributed by atoms with Gasteiger partial charge < -0.3 is 15.1 Å². The molecule has 2 aromatic carbocycles. The molecule has 4 rings (SSSR count). The Hall–Kier alpha value is -2.47. The van der Waals surface area contributed by atoms with Gasteiger partial charge in [0.2, 0.25) is 0 Å². The van der Waals surface area contributed by atoms with Crippen molar-refractivity contribution in [3.63, 3.8) is 0 Å². The van der Waals surface area contributed by atoms with Crippen molar-refractivity contribution in [1.82, 2.24) is 9.80 Å². The highest BCUT2D eigenvalue weighted by molar-refractivity contribution is 8.00. The Balaban J connectivity index is 1.38. The van der Waals surface area contributed by atoms with Crippen molar-refractivity contribution in [1.29, 1.82) is 0 Å². The normalized spacial score (nSPS) is 18.1. The lowest BCUT2D eigenvalue weighted by molar-refractivity contribution is 0.0585. The summed E-state index contributed by atoms with van der Waals surface area (Å²) in [5.41, 5.74) is 2.82. The van der Waals surface area contributed by atoms with Crippen LogP contribution >= 0.6 is 11.8 Å². The molecule has 2 aliphatic heterocycles. The highest BCUT2D eigenvalue weighted by atomic mass is 32.2. The smallest absolute Gasteiger partial charge is 0.321 e. The number of nitrogens with one attached hydrogen (secondary N) is 1. The molecule has 2 heterocycles. The minimum atomic E-state index is -0.188. The van der Waals surface area contributed by atoms with Gasteiger partial charge in [-0.2, -0.15) is 0 Å². The highest BCUT2D eigenvalue weighted by Crippen LogP contribution is 2.44. The van der Waals surface area contributed by atoms with Gasteiger partial charge in [0.1, 0.15) is 0 Å². The Kier molecular flexibility index (Phi) is 5.81. The van der Waals surface area contributed by atoms with E-state index in [0.29, 0.717) is 13.1 Å². The average Bonchev–Trinajstić information content (AvgIpc) is 3.17. The van der Waals surface area contributed by atoms with Gasteiger partial charge in [-0.1, -0.05) is 37.3 Å². The number of rotatable bonds is 3. The lowest BCUT2D eigenvalue weighted by Gasteiger charge is -2.44. The molecule has 2 aromatic rings. The zero-order chi connectivity index (χ0) is 20.3. The maximum Gasteiger partial charge on any atom is 0.321 e. The first-order valence-electron chi connectivity index (χ1n) is 10.3. The van der Waals surface area contributed by atoms with Crippen LogP contribution in [0.15, 0.2) is 54.6 Å². The van der Waals surface area contributed by atoms with Crippen molar-refractivity contribution in [3.8, 4) is 0 Å². The minimum Gasteiger partial charge on any atom is -0.324 e. The zero-order valence-corrected chi connectivity index (χ0v) is 17.6. The summed E-state index contributed by atoms with van der Waals surface area (Å²) in [4.78, 5) is 29.4. The molecule has 0 atom stereocenters. The van der Waals surface area contributed by atoms with E-state index < -0.39 is 0 Å². The number of benzene rings is 2. The van der Waals surface area contributed by atoms with Crippen molar-refractivity contribution in [2.75, 3.05) is 30.7 Å². The maximum absolute atomic E-state index is 13.0. The molecule has 0 bridgehead atoms. The minimum absolute atomic E-state index is 0.0620. The zero-order valence-electron chi connectivity index (χ0n) is 16.8. The number of urea groups is 1. The number of hydrogen-bond donors (Lipinski definition) is 1. The summed E-state index contributed by atoms with van der Waals surface area (Å²) in [6.07, 6.45) is 2.59. The van der Waals surface area contributed by atoms with Gasteiger partial charge in [0.25, 0.3) is 5.91 Å². The number of aryl methyl sites for hydroxylation is 1. The van der Waals surface area contributed by atoms with E-state index in [-0.39, 0.29) is 16.8 Å². The maximum atomic E-state index is 13.0. The van der Waals surface area contributed by atoms with Gasteiger partial charge >= 0.3 is 6.03 Å². The molecule has 5 nitrogen and oxygen atoms in total. The number of piperidine rings is 1. The highest BCUT2D eigenvalue weighted by Gasteiger charge is 2.47. The lowest BCUT2D eigenvalue weighted by atomic mass is 10.0. The number of hydrogen-bond acceptors (Lipinski definition) is 3. The molecule has 29 heavy (non-hydrogen) atoms. The van der Waals surface area contributed by atoms with Crippen LogP contribution < -0.4 is 5.32 Å². The first kappa shape index (κ1) is 19.8. The van der Waals surface area contributed by atoms with Crippen LogP contribution in [0.25, 0.3) is 0 Å². The number of carbonyl (C=O) groups excluding carboxylic acids is 2. The monoisotopic (exact) mass is 409 g/mol. The van der Waals surface area contributed by atoms with Gasteiger partial charge in [0, 0.05) is 36.6 Å². The van der Waals surface area contributed by atoms with E-state index in [2.05, 4.69) is 12.2 Å². The van der Waals surface area contributed by atoms with Crippen molar-refractivity contribution >= 4 is 29.4 Å². The summed E-state index contributed by atoms with van der Waals surface area (Å²) in [5.74, 6) is 1.05. The average molecular weight is 410 g/mol. The fraction of sp³-hybridized carbons (Fsp3) is 0.391. The van der Waals surface area contributed by atoms with Gasteiger partial charge in [-0.05, 0) is 49.1 Å². The lowest BCUT2D eigenvalue weighted by Crippen LogP contribution is -2.54. The van der Waals surface area contributed by atoms with E-state index in [1.165, 1.54) is 5.56 Å². The quantitative estimate of drug-likeness (QED) is 0.814. The van der Waals surface area contributed by atoms with Crippen LogP contribution in [0.2, 0.25) is 0 Å².